The monoisotopic (exact) mass is 616 g/mol. The van der Waals surface area contributed by atoms with Gasteiger partial charge in [-0.25, -0.2) is 0 Å². The Kier molecular flexibility index (Phi) is 6.22. The smallest absolute Gasteiger partial charge is 0.136 e. The quantitative estimate of drug-likeness (QED) is 0.206. The maximum atomic E-state index is 6.12. The summed E-state index contributed by atoms with van der Waals surface area (Å²) in [5.74, 6) is 0. The first-order chi connectivity index (χ1) is 22.2. The number of furan rings is 1. The molecule has 3 aromatic heterocycles. The van der Waals surface area contributed by atoms with Crippen LogP contribution in [0, 0.1) is 0 Å². The normalized spacial score (nSPS) is 13.2. The van der Waals surface area contributed by atoms with Crippen LogP contribution >= 0.6 is 0 Å². The first-order valence-corrected chi connectivity index (χ1v) is 16.8. The van der Waals surface area contributed by atoms with Crippen molar-refractivity contribution in [2.24, 2.45) is 0 Å². The van der Waals surface area contributed by atoms with Gasteiger partial charge in [0.25, 0.3) is 0 Å². The molecule has 0 amide bonds. The highest BCUT2D eigenvalue weighted by Crippen LogP contribution is 2.43. The number of para-hydroxylation sites is 1. The summed E-state index contributed by atoms with van der Waals surface area (Å²) in [5, 5.41) is 6.19. The van der Waals surface area contributed by atoms with Gasteiger partial charge in [-0.15, -0.1) is 0 Å². The molecule has 0 bridgehead atoms. The number of nitrogens with zero attached hydrogens (tertiary/aromatic N) is 1. The van der Waals surface area contributed by atoms with Crippen molar-refractivity contribution in [3.8, 4) is 16.8 Å². The molecule has 3 heteroatoms. The molecule has 236 valence electrons. The lowest BCUT2D eigenvalue weighted by Crippen LogP contribution is -2.11. The largest absolute Gasteiger partial charge is 0.462 e. The standard InChI is InChI=1S/C44H44N2O/c1-42(2,3)27-15-18-36-33(21-27)35-24-29(44(7,8)9)23-32(41(35)45-36)26-14-17-30-34-22-28(43(4,5)6)16-19-37(34)46(38(30)20-26)39-25-47-40-13-11-10-12-31(39)40/h10-25,45H,1-9H3. The van der Waals surface area contributed by atoms with Crippen LogP contribution in [0.1, 0.15) is 79.0 Å². The molecular weight excluding hydrogens is 572 g/mol. The molecule has 8 aromatic rings. The Bertz CT molecular complexity index is 2510. The Hall–Kier alpha value is -4.76. The first kappa shape index (κ1) is 29.6. The van der Waals surface area contributed by atoms with E-state index in [1.54, 1.807) is 0 Å². The van der Waals surface area contributed by atoms with Crippen LogP contribution in [0.25, 0.3) is 71.4 Å². The lowest BCUT2D eigenvalue weighted by atomic mass is 9.83. The van der Waals surface area contributed by atoms with Crippen LogP contribution in [-0.2, 0) is 16.2 Å². The molecule has 0 aliphatic carbocycles. The lowest BCUT2D eigenvalue weighted by Gasteiger charge is -2.21. The zero-order valence-electron chi connectivity index (χ0n) is 29.1. The molecule has 0 radical (unpaired) electrons. The van der Waals surface area contributed by atoms with Crippen LogP contribution in [0.5, 0.6) is 0 Å². The number of hydrogen-bond donors (Lipinski definition) is 1. The highest BCUT2D eigenvalue weighted by Gasteiger charge is 2.23. The third kappa shape index (κ3) is 4.70. The number of nitrogens with one attached hydrogen (secondary N) is 1. The molecule has 3 nitrogen and oxygen atoms in total. The number of rotatable bonds is 2. The predicted molar refractivity (Wildman–Crippen MR) is 201 cm³/mol. The van der Waals surface area contributed by atoms with Gasteiger partial charge in [0.15, 0.2) is 0 Å². The van der Waals surface area contributed by atoms with Crippen LogP contribution in [0.3, 0.4) is 0 Å². The van der Waals surface area contributed by atoms with E-state index in [0.717, 1.165) is 16.7 Å². The third-order valence-corrected chi connectivity index (χ3v) is 10.1. The van der Waals surface area contributed by atoms with Crippen LogP contribution in [0.15, 0.2) is 102 Å². The van der Waals surface area contributed by atoms with Gasteiger partial charge in [0, 0.05) is 38.0 Å². The molecule has 5 aromatic carbocycles. The molecule has 0 saturated heterocycles. The minimum Gasteiger partial charge on any atom is -0.462 e. The molecule has 0 fully saturated rings. The average molecular weight is 617 g/mol. The Labute approximate surface area is 277 Å². The molecule has 0 saturated carbocycles. The molecule has 8 rings (SSSR count). The van der Waals surface area contributed by atoms with E-state index in [-0.39, 0.29) is 16.2 Å². The van der Waals surface area contributed by atoms with Crippen LogP contribution in [-0.4, -0.2) is 9.55 Å². The zero-order chi connectivity index (χ0) is 33.0. The van der Waals surface area contributed by atoms with E-state index in [4.69, 9.17) is 4.42 Å². The van der Waals surface area contributed by atoms with Crippen LogP contribution in [0.2, 0.25) is 0 Å². The van der Waals surface area contributed by atoms with Crippen molar-refractivity contribution in [2.75, 3.05) is 0 Å². The molecule has 47 heavy (non-hydrogen) atoms. The van der Waals surface area contributed by atoms with Crippen molar-refractivity contribution in [3.63, 3.8) is 0 Å². The topological polar surface area (TPSA) is 33.9 Å². The van der Waals surface area contributed by atoms with Gasteiger partial charge in [-0.2, -0.15) is 0 Å². The molecular formula is C44H44N2O. The van der Waals surface area contributed by atoms with Gasteiger partial charge >= 0.3 is 0 Å². The molecule has 0 atom stereocenters. The van der Waals surface area contributed by atoms with Gasteiger partial charge in [0.2, 0.25) is 0 Å². The van der Waals surface area contributed by atoms with Gasteiger partial charge in [-0.1, -0.05) is 98.7 Å². The second kappa shape index (κ2) is 9.87. The van der Waals surface area contributed by atoms with Gasteiger partial charge in [0.05, 0.1) is 22.2 Å². The van der Waals surface area contributed by atoms with E-state index in [1.807, 2.05) is 18.4 Å². The summed E-state index contributed by atoms with van der Waals surface area (Å²) in [6.07, 6.45) is 1.91. The summed E-state index contributed by atoms with van der Waals surface area (Å²) in [4.78, 5) is 3.85. The first-order valence-electron chi connectivity index (χ1n) is 16.8. The third-order valence-electron chi connectivity index (χ3n) is 10.1. The van der Waals surface area contributed by atoms with Crippen LogP contribution in [0.4, 0.5) is 0 Å². The lowest BCUT2D eigenvalue weighted by molar-refractivity contribution is 0.590. The minimum atomic E-state index is -0.00770. The molecule has 0 aliphatic heterocycles. The van der Waals surface area contributed by atoms with E-state index in [2.05, 4.69) is 151 Å². The Morgan fingerprint density at radius 3 is 1.91 bits per heavy atom. The second-order valence-electron chi connectivity index (χ2n) is 16.5. The van der Waals surface area contributed by atoms with Gasteiger partial charge in [0.1, 0.15) is 11.8 Å². The summed E-state index contributed by atoms with van der Waals surface area (Å²) in [5.41, 5.74) is 13.2. The maximum absolute atomic E-state index is 6.12. The molecule has 0 aliphatic rings. The van der Waals surface area contributed by atoms with E-state index in [0.29, 0.717) is 0 Å². The zero-order valence-corrected chi connectivity index (χ0v) is 29.1. The number of aromatic amines is 1. The van der Waals surface area contributed by atoms with Crippen molar-refractivity contribution < 1.29 is 4.42 Å². The van der Waals surface area contributed by atoms with Crippen molar-refractivity contribution in [2.45, 2.75) is 78.6 Å². The summed E-state index contributed by atoms with van der Waals surface area (Å²) in [6, 6.07) is 34.1. The second-order valence-corrected chi connectivity index (χ2v) is 16.5. The molecule has 0 unspecified atom stereocenters. The van der Waals surface area contributed by atoms with Crippen LogP contribution < -0.4 is 0 Å². The fraction of sp³-hybridized carbons (Fsp3) is 0.273. The van der Waals surface area contributed by atoms with E-state index in [1.165, 1.54) is 71.4 Å². The van der Waals surface area contributed by atoms with E-state index < -0.39 is 0 Å². The summed E-state index contributed by atoms with van der Waals surface area (Å²) >= 11 is 0. The Balaban J connectivity index is 1.46. The van der Waals surface area contributed by atoms with E-state index in [9.17, 15) is 0 Å². The number of fused-ring (bicyclic) bond motifs is 7. The van der Waals surface area contributed by atoms with Crippen molar-refractivity contribution in [3.05, 3.63) is 114 Å². The number of aromatic nitrogens is 2. The average Bonchev–Trinajstić information content (AvgIpc) is 3.69. The fourth-order valence-corrected chi connectivity index (χ4v) is 7.18. The molecule has 0 spiro atoms. The maximum Gasteiger partial charge on any atom is 0.136 e. The van der Waals surface area contributed by atoms with Crippen molar-refractivity contribution >= 4 is 54.6 Å². The fourth-order valence-electron chi connectivity index (χ4n) is 7.18. The predicted octanol–water partition coefficient (Wildman–Crippen LogP) is 12.7. The number of H-pyrrole nitrogens is 1. The number of hydrogen-bond acceptors (Lipinski definition) is 1. The Morgan fingerprint density at radius 1 is 0.532 bits per heavy atom. The minimum absolute atomic E-state index is 0.00770. The Morgan fingerprint density at radius 2 is 1.19 bits per heavy atom. The highest BCUT2D eigenvalue weighted by atomic mass is 16.3. The van der Waals surface area contributed by atoms with Gasteiger partial charge < -0.3 is 14.0 Å². The van der Waals surface area contributed by atoms with Gasteiger partial charge in [-0.05, 0) is 93.1 Å². The molecule has 1 N–H and O–H groups in total. The van der Waals surface area contributed by atoms with Crippen molar-refractivity contribution in [1.82, 2.24) is 9.55 Å². The van der Waals surface area contributed by atoms with Crippen molar-refractivity contribution in [1.29, 1.82) is 0 Å². The summed E-state index contributed by atoms with van der Waals surface area (Å²) in [7, 11) is 0. The SMILES string of the molecule is CC(C)(C)c1ccc2[nH]c3c(-c4ccc5c6cc(C(C)(C)C)ccc6n(-c6coc7ccccc67)c5c4)cc(C(C)(C)C)cc3c2c1. The van der Waals surface area contributed by atoms with E-state index >= 15 is 0 Å². The molecule has 3 heterocycles. The number of benzene rings is 5. The van der Waals surface area contributed by atoms with Gasteiger partial charge in [-0.3, -0.25) is 0 Å². The summed E-state index contributed by atoms with van der Waals surface area (Å²) < 4.78 is 8.52. The highest BCUT2D eigenvalue weighted by molar-refractivity contribution is 6.15. The summed E-state index contributed by atoms with van der Waals surface area (Å²) in [6.45, 7) is 20.7.